The van der Waals surface area contributed by atoms with Gasteiger partial charge < -0.3 is 15.0 Å². The Morgan fingerprint density at radius 3 is 2.25 bits per heavy atom. The number of ether oxygens (including phenoxy) is 1. The summed E-state index contributed by atoms with van der Waals surface area (Å²) in [4.78, 5) is 28.8. The second-order valence-corrected chi connectivity index (χ2v) is 11.2. The molecule has 0 spiro atoms. The van der Waals surface area contributed by atoms with Gasteiger partial charge in [0, 0.05) is 17.9 Å². The number of carbonyl (C=O) groups excluding carboxylic acids is 2. The molecule has 0 saturated carbocycles. The van der Waals surface area contributed by atoms with E-state index in [-0.39, 0.29) is 22.6 Å². The molecule has 0 bridgehead atoms. The Balaban J connectivity index is 1.56. The van der Waals surface area contributed by atoms with Crippen LogP contribution < -0.4 is 10.1 Å². The molecule has 4 rings (SSSR count). The van der Waals surface area contributed by atoms with Crippen molar-refractivity contribution in [1.82, 2.24) is 10.2 Å². The van der Waals surface area contributed by atoms with E-state index in [0.717, 1.165) is 12.0 Å². The molecule has 0 radical (unpaired) electrons. The zero-order valence-corrected chi connectivity index (χ0v) is 22.2. The maximum atomic E-state index is 13.8. The van der Waals surface area contributed by atoms with E-state index >= 15 is 0 Å². The van der Waals surface area contributed by atoms with Crippen molar-refractivity contribution in [3.63, 3.8) is 0 Å². The number of carbonyl (C=O) groups is 2. The first-order chi connectivity index (χ1) is 17.3. The summed E-state index contributed by atoms with van der Waals surface area (Å²) in [6, 6.07) is 25.0. The van der Waals surface area contributed by atoms with Gasteiger partial charge in [-0.25, -0.2) is 0 Å². The highest BCUT2D eigenvalue weighted by Gasteiger charge is 2.42. The first-order valence-corrected chi connectivity index (χ1v) is 13.3. The van der Waals surface area contributed by atoms with E-state index in [1.165, 1.54) is 11.1 Å². The summed E-state index contributed by atoms with van der Waals surface area (Å²) in [5.41, 5.74) is 4.01. The summed E-state index contributed by atoms with van der Waals surface area (Å²) in [5, 5.41) is 2.83. The van der Waals surface area contributed by atoms with Gasteiger partial charge in [0.15, 0.2) is 0 Å². The van der Waals surface area contributed by atoms with Crippen LogP contribution in [0.3, 0.4) is 0 Å². The molecule has 1 heterocycles. The van der Waals surface area contributed by atoms with E-state index in [2.05, 4.69) is 50.4 Å². The number of rotatable bonds is 7. The number of nitrogens with zero attached hydrogens (tertiary/aromatic N) is 1. The van der Waals surface area contributed by atoms with Crippen LogP contribution in [0.25, 0.3) is 0 Å². The predicted octanol–water partition coefficient (Wildman–Crippen LogP) is 5.61. The highest BCUT2D eigenvalue weighted by molar-refractivity contribution is 7.99. The SMILES string of the molecule is COc1ccc(C(=O)N2C(C(=O)NCCc3ccccc3)CSC2c2ccc(C(C)(C)C)cc2)cc1. The van der Waals surface area contributed by atoms with Crippen LogP contribution >= 0.6 is 11.8 Å². The van der Waals surface area contributed by atoms with E-state index in [4.69, 9.17) is 4.74 Å². The lowest BCUT2D eigenvalue weighted by Gasteiger charge is -2.30. The summed E-state index contributed by atoms with van der Waals surface area (Å²) in [5.74, 6) is 0.960. The first-order valence-electron chi connectivity index (χ1n) is 12.3. The van der Waals surface area contributed by atoms with Crippen LogP contribution in [0.1, 0.15) is 53.2 Å². The molecule has 36 heavy (non-hydrogen) atoms. The van der Waals surface area contributed by atoms with E-state index in [9.17, 15) is 9.59 Å². The van der Waals surface area contributed by atoms with Gasteiger partial charge in [0.25, 0.3) is 5.91 Å². The van der Waals surface area contributed by atoms with Crippen molar-refractivity contribution in [2.45, 2.75) is 44.0 Å². The van der Waals surface area contributed by atoms with Crippen LogP contribution in [-0.2, 0) is 16.6 Å². The Morgan fingerprint density at radius 1 is 0.972 bits per heavy atom. The Morgan fingerprint density at radius 2 is 1.64 bits per heavy atom. The summed E-state index contributed by atoms with van der Waals surface area (Å²) < 4.78 is 5.25. The van der Waals surface area contributed by atoms with Crippen LogP contribution in [0.5, 0.6) is 5.75 Å². The van der Waals surface area contributed by atoms with Crippen LogP contribution in [0.2, 0.25) is 0 Å². The molecule has 1 aliphatic heterocycles. The molecule has 2 unspecified atom stereocenters. The minimum absolute atomic E-state index is 0.0428. The molecule has 1 aliphatic rings. The fourth-order valence-electron chi connectivity index (χ4n) is 4.34. The van der Waals surface area contributed by atoms with Gasteiger partial charge in [0.1, 0.15) is 17.2 Å². The minimum Gasteiger partial charge on any atom is -0.497 e. The molecule has 1 N–H and O–H groups in total. The third kappa shape index (κ3) is 5.93. The molecule has 6 heteroatoms. The van der Waals surface area contributed by atoms with Gasteiger partial charge in [-0.15, -0.1) is 11.8 Å². The van der Waals surface area contributed by atoms with E-state index in [1.54, 1.807) is 48.0 Å². The van der Waals surface area contributed by atoms with Crippen molar-refractivity contribution in [3.8, 4) is 5.75 Å². The molecule has 1 saturated heterocycles. The number of methoxy groups -OCH3 is 1. The zero-order chi connectivity index (χ0) is 25.7. The Kier molecular flexibility index (Phi) is 8.04. The molecular formula is C30H34N2O3S. The molecule has 0 aromatic heterocycles. The Hall–Kier alpha value is -3.25. The molecule has 1 fully saturated rings. The lowest BCUT2D eigenvalue weighted by atomic mass is 9.86. The van der Waals surface area contributed by atoms with Crippen molar-refractivity contribution in [2.75, 3.05) is 19.4 Å². The molecule has 3 aromatic carbocycles. The van der Waals surface area contributed by atoms with Gasteiger partial charge in [-0.2, -0.15) is 0 Å². The largest absolute Gasteiger partial charge is 0.497 e. The molecule has 0 aliphatic carbocycles. The highest BCUT2D eigenvalue weighted by atomic mass is 32.2. The van der Waals surface area contributed by atoms with Gasteiger partial charge in [-0.05, 0) is 52.8 Å². The fraction of sp³-hybridized carbons (Fsp3) is 0.333. The maximum absolute atomic E-state index is 13.8. The van der Waals surface area contributed by atoms with Crippen molar-refractivity contribution in [1.29, 1.82) is 0 Å². The molecule has 3 aromatic rings. The average molecular weight is 503 g/mol. The third-order valence-corrected chi connectivity index (χ3v) is 7.82. The molecule has 2 amide bonds. The van der Waals surface area contributed by atoms with Crippen LogP contribution in [0, 0.1) is 0 Å². The van der Waals surface area contributed by atoms with Crippen LogP contribution in [0.4, 0.5) is 0 Å². The predicted molar refractivity (Wildman–Crippen MR) is 146 cm³/mol. The quantitative estimate of drug-likeness (QED) is 0.456. The van der Waals surface area contributed by atoms with Crippen molar-refractivity contribution in [3.05, 3.63) is 101 Å². The smallest absolute Gasteiger partial charge is 0.255 e. The molecule has 2 atom stereocenters. The molecule has 188 valence electrons. The maximum Gasteiger partial charge on any atom is 0.255 e. The van der Waals surface area contributed by atoms with Crippen LogP contribution in [-0.4, -0.2) is 42.2 Å². The number of benzene rings is 3. The minimum atomic E-state index is -0.548. The van der Waals surface area contributed by atoms with Crippen molar-refractivity contribution >= 4 is 23.6 Å². The van der Waals surface area contributed by atoms with Gasteiger partial charge in [-0.1, -0.05) is 75.4 Å². The summed E-state index contributed by atoms with van der Waals surface area (Å²) >= 11 is 1.63. The normalized spacial score (nSPS) is 17.6. The second kappa shape index (κ2) is 11.2. The number of hydrogen-bond donors (Lipinski definition) is 1. The number of hydrogen-bond acceptors (Lipinski definition) is 4. The van der Waals surface area contributed by atoms with Crippen molar-refractivity contribution in [2.24, 2.45) is 0 Å². The van der Waals surface area contributed by atoms with Crippen molar-refractivity contribution < 1.29 is 14.3 Å². The fourth-order valence-corrected chi connectivity index (χ4v) is 5.77. The zero-order valence-electron chi connectivity index (χ0n) is 21.4. The van der Waals surface area contributed by atoms with Gasteiger partial charge in [-0.3, -0.25) is 9.59 Å². The lowest BCUT2D eigenvalue weighted by molar-refractivity contribution is -0.124. The number of amides is 2. The number of thioether (sulfide) groups is 1. The van der Waals surface area contributed by atoms with E-state index in [0.29, 0.717) is 23.6 Å². The van der Waals surface area contributed by atoms with Gasteiger partial charge >= 0.3 is 0 Å². The molecule has 5 nitrogen and oxygen atoms in total. The number of nitrogens with one attached hydrogen (secondary N) is 1. The average Bonchev–Trinajstić information content (AvgIpc) is 3.34. The highest BCUT2D eigenvalue weighted by Crippen LogP contribution is 2.43. The first kappa shape index (κ1) is 25.8. The monoisotopic (exact) mass is 502 g/mol. The van der Waals surface area contributed by atoms with Crippen LogP contribution in [0.15, 0.2) is 78.9 Å². The summed E-state index contributed by atoms with van der Waals surface area (Å²) in [6.45, 7) is 7.07. The third-order valence-electron chi connectivity index (χ3n) is 6.49. The van der Waals surface area contributed by atoms with E-state index in [1.807, 2.05) is 30.3 Å². The van der Waals surface area contributed by atoms with E-state index < -0.39 is 6.04 Å². The summed E-state index contributed by atoms with van der Waals surface area (Å²) in [7, 11) is 1.60. The van der Waals surface area contributed by atoms with Gasteiger partial charge in [0.05, 0.1) is 7.11 Å². The second-order valence-electron chi connectivity index (χ2n) is 10.0. The lowest BCUT2D eigenvalue weighted by Crippen LogP contribution is -2.48. The molecular weight excluding hydrogens is 468 g/mol. The Labute approximate surface area is 218 Å². The Bertz CT molecular complexity index is 1170. The standard InChI is InChI=1S/C30H34N2O3S/c1-30(2,3)24-14-10-23(11-15-24)29-32(28(34)22-12-16-25(35-4)17-13-22)26(20-36-29)27(33)31-19-18-21-8-6-5-7-9-21/h5-17,26,29H,18-20H2,1-4H3,(H,31,33). The topological polar surface area (TPSA) is 58.6 Å². The summed E-state index contributed by atoms with van der Waals surface area (Å²) in [6.07, 6.45) is 0.747. The van der Waals surface area contributed by atoms with Gasteiger partial charge in [0.2, 0.25) is 5.91 Å².